The number of unbranched alkanes of at least 4 members (excludes halogenated alkanes) is 1. The van der Waals surface area contributed by atoms with E-state index in [2.05, 4.69) is 34.6 Å². The molecule has 0 spiro atoms. The molecule has 0 aliphatic heterocycles. The van der Waals surface area contributed by atoms with Crippen LogP contribution in [-0.4, -0.2) is 20.2 Å². The Morgan fingerprint density at radius 3 is 2.95 bits per heavy atom. The summed E-state index contributed by atoms with van der Waals surface area (Å²) in [4.78, 5) is 0. The molecule has 1 aromatic heterocycles. The van der Waals surface area contributed by atoms with Crippen molar-refractivity contribution in [1.29, 1.82) is 0 Å². The SMILES string of the molecule is CCCCc1ccc(Cl)c(-n2nnnc2C2CC2)c1. The first-order valence-electron chi connectivity index (χ1n) is 6.86. The lowest BCUT2D eigenvalue weighted by atomic mass is 10.1. The van der Waals surface area contributed by atoms with Gasteiger partial charge in [-0.1, -0.05) is 31.0 Å². The quantitative estimate of drug-likeness (QED) is 0.839. The van der Waals surface area contributed by atoms with Gasteiger partial charge in [-0.05, 0) is 53.8 Å². The van der Waals surface area contributed by atoms with E-state index in [9.17, 15) is 0 Å². The molecular formula is C14H17ClN4. The van der Waals surface area contributed by atoms with E-state index in [1.54, 1.807) is 4.68 Å². The predicted molar refractivity (Wildman–Crippen MR) is 74.8 cm³/mol. The van der Waals surface area contributed by atoms with E-state index in [1.165, 1.54) is 31.2 Å². The summed E-state index contributed by atoms with van der Waals surface area (Å²) in [6.07, 6.45) is 5.80. The fourth-order valence-corrected chi connectivity index (χ4v) is 2.42. The molecule has 0 bridgehead atoms. The molecule has 4 nitrogen and oxygen atoms in total. The molecule has 0 amide bonds. The number of benzene rings is 1. The highest BCUT2D eigenvalue weighted by atomic mass is 35.5. The Balaban J connectivity index is 1.95. The second kappa shape index (κ2) is 5.29. The van der Waals surface area contributed by atoms with Crippen LogP contribution in [0.4, 0.5) is 0 Å². The van der Waals surface area contributed by atoms with Crippen LogP contribution < -0.4 is 0 Å². The molecule has 1 saturated carbocycles. The lowest BCUT2D eigenvalue weighted by Crippen LogP contribution is -2.03. The van der Waals surface area contributed by atoms with Gasteiger partial charge in [0, 0.05) is 5.92 Å². The number of aryl methyl sites for hydroxylation is 1. The standard InChI is InChI=1S/C14H17ClN4/c1-2-3-4-10-5-8-12(15)13(9-10)19-14(11-6-7-11)16-17-18-19/h5,8-9,11H,2-4,6-7H2,1H3. The largest absolute Gasteiger partial charge is 0.196 e. The molecule has 100 valence electrons. The lowest BCUT2D eigenvalue weighted by molar-refractivity contribution is 0.757. The minimum absolute atomic E-state index is 0.505. The Labute approximate surface area is 117 Å². The average molecular weight is 277 g/mol. The monoisotopic (exact) mass is 276 g/mol. The van der Waals surface area contributed by atoms with Gasteiger partial charge in [0.05, 0.1) is 10.7 Å². The number of tetrazole rings is 1. The smallest absolute Gasteiger partial charge is 0.159 e. The maximum atomic E-state index is 6.30. The van der Waals surface area contributed by atoms with Crippen molar-refractivity contribution in [2.24, 2.45) is 0 Å². The summed E-state index contributed by atoms with van der Waals surface area (Å²) in [6, 6.07) is 6.14. The minimum Gasteiger partial charge on any atom is -0.196 e. The van der Waals surface area contributed by atoms with Gasteiger partial charge in [-0.15, -0.1) is 5.10 Å². The van der Waals surface area contributed by atoms with Crippen molar-refractivity contribution in [3.63, 3.8) is 0 Å². The van der Waals surface area contributed by atoms with Gasteiger partial charge < -0.3 is 0 Å². The van der Waals surface area contributed by atoms with Gasteiger partial charge in [-0.2, -0.15) is 4.68 Å². The molecule has 1 fully saturated rings. The zero-order chi connectivity index (χ0) is 13.2. The molecular weight excluding hydrogens is 260 g/mol. The summed E-state index contributed by atoms with van der Waals surface area (Å²) < 4.78 is 1.80. The first kappa shape index (κ1) is 12.6. The Kier molecular flexibility index (Phi) is 3.51. The second-order valence-corrected chi connectivity index (χ2v) is 5.52. The van der Waals surface area contributed by atoms with E-state index in [4.69, 9.17) is 11.6 Å². The number of rotatable bonds is 5. The van der Waals surface area contributed by atoms with Crippen molar-refractivity contribution < 1.29 is 0 Å². The van der Waals surface area contributed by atoms with Gasteiger partial charge in [0.1, 0.15) is 0 Å². The minimum atomic E-state index is 0.505. The molecule has 2 aromatic rings. The highest BCUT2D eigenvalue weighted by Gasteiger charge is 2.30. The first-order chi connectivity index (χ1) is 9.29. The molecule has 1 aliphatic rings. The third kappa shape index (κ3) is 2.63. The van der Waals surface area contributed by atoms with E-state index >= 15 is 0 Å². The molecule has 0 saturated heterocycles. The zero-order valence-corrected chi connectivity index (χ0v) is 11.8. The van der Waals surface area contributed by atoms with Crippen molar-refractivity contribution in [1.82, 2.24) is 20.2 Å². The molecule has 0 radical (unpaired) electrons. The molecule has 0 atom stereocenters. The Bertz CT molecular complexity index is 575. The lowest BCUT2D eigenvalue weighted by Gasteiger charge is -2.08. The highest BCUT2D eigenvalue weighted by Crippen LogP contribution is 2.39. The zero-order valence-electron chi connectivity index (χ0n) is 11.0. The molecule has 0 N–H and O–H groups in total. The van der Waals surface area contributed by atoms with Gasteiger partial charge in [0.15, 0.2) is 5.82 Å². The van der Waals surface area contributed by atoms with Crippen LogP contribution in [0.2, 0.25) is 5.02 Å². The van der Waals surface area contributed by atoms with Crippen LogP contribution >= 0.6 is 11.6 Å². The number of hydrogen-bond acceptors (Lipinski definition) is 3. The number of nitrogens with zero attached hydrogens (tertiary/aromatic N) is 4. The third-order valence-electron chi connectivity index (χ3n) is 3.49. The molecule has 19 heavy (non-hydrogen) atoms. The Morgan fingerprint density at radius 1 is 1.37 bits per heavy atom. The molecule has 1 aliphatic carbocycles. The van der Waals surface area contributed by atoms with Crippen molar-refractivity contribution in [3.8, 4) is 5.69 Å². The van der Waals surface area contributed by atoms with E-state index in [-0.39, 0.29) is 0 Å². The summed E-state index contributed by atoms with van der Waals surface area (Å²) in [5.41, 5.74) is 2.20. The van der Waals surface area contributed by atoms with E-state index in [0.717, 1.165) is 17.9 Å². The summed E-state index contributed by atoms with van der Waals surface area (Å²) in [5.74, 6) is 1.44. The van der Waals surface area contributed by atoms with Gasteiger partial charge in [-0.3, -0.25) is 0 Å². The topological polar surface area (TPSA) is 43.6 Å². The fraction of sp³-hybridized carbons (Fsp3) is 0.500. The van der Waals surface area contributed by atoms with Gasteiger partial charge in [0.2, 0.25) is 0 Å². The van der Waals surface area contributed by atoms with Gasteiger partial charge in [0.25, 0.3) is 0 Å². The maximum Gasteiger partial charge on any atom is 0.159 e. The first-order valence-corrected chi connectivity index (χ1v) is 7.24. The highest BCUT2D eigenvalue weighted by molar-refractivity contribution is 6.32. The number of aromatic nitrogens is 4. The van der Waals surface area contributed by atoms with Crippen LogP contribution in [0.15, 0.2) is 18.2 Å². The van der Waals surface area contributed by atoms with Crippen LogP contribution in [-0.2, 0) is 6.42 Å². The molecule has 0 unspecified atom stereocenters. The summed E-state index contributed by atoms with van der Waals surface area (Å²) in [5, 5.41) is 12.7. The van der Waals surface area contributed by atoms with E-state index in [0.29, 0.717) is 10.9 Å². The van der Waals surface area contributed by atoms with E-state index in [1.807, 2.05) is 6.07 Å². The summed E-state index contributed by atoms with van der Waals surface area (Å²) in [6.45, 7) is 2.20. The third-order valence-corrected chi connectivity index (χ3v) is 3.81. The van der Waals surface area contributed by atoms with Crippen molar-refractivity contribution in [3.05, 3.63) is 34.6 Å². The Morgan fingerprint density at radius 2 is 2.21 bits per heavy atom. The van der Waals surface area contributed by atoms with E-state index < -0.39 is 0 Å². The van der Waals surface area contributed by atoms with Crippen LogP contribution in [0.1, 0.15) is 49.9 Å². The second-order valence-electron chi connectivity index (χ2n) is 5.11. The summed E-state index contributed by atoms with van der Waals surface area (Å²) in [7, 11) is 0. The van der Waals surface area contributed by atoms with Gasteiger partial charge >= 0.3 is 0 Å². The van der Waals surface area contributed by atoms with Crippen LogP contribution in [0, 0.1) is 0 Å². The number of halogens is 1. The molecule has 1 aromatic carbocycles. The number of hydrogen-bond donors (Lipinski definition) is 0. The summed E-state index contributed by atoms with van der Waals surface area (Å²) >= 11 is 6.30. The average Bonchev–Trinajstić information content (AvgIpc) is 3.16. The van der Waals surface area contributed by atoms with Crippen molar-refractivity contribution in [2.75, 3.05) is 0 Å². The molecule has 1 heterocycles. The van der Waals surface area contributed by atoms with Crippen molar-refractivity contribution >= 4 is 11.6 Å². The normalized spacial score (nSPS) is 14.8. The maximum absolute atomic E-state index is 6.30. The van der Waals surface area contributed by atoms with Crippen LogP contribution in [0.5, 0.6) is 0 Å². The molecule has 5 heteroatoms. The van der Waals surface area contributed by atoms with Crippen LogP contribution in [0.3, 0.4) is 0 Å². The van der Waals surface area contributed by atoms with Crippen LogP contribution in [0.25, 0.3) is 5.69 Å². The Hall–Kier alpha value is -1.42. The molecule has 3 rings (SSSR count). The predicted octanol–water partition coefficient (Wildman–Crippen LogP) is 3.54. The van der Waals surface area contributed by atoms with Crippen molar-refractivity contribution in [2.45, 2.75) is 44.9 Å². The fourth-order valence-electron chi connectivity index (χ4n) is 2.22. The van der Waals surface area contributed by atoms with Gasteiger partial charge in [-0.25, -0.2) is 0 Å².